The fraction of sp³-hybridized carbons (Fsp3) is 0.333. The molecular weight excluding hydrogens is 318 g/mol. The Morgan fingerprint density at radius 3 is 2.17 bits per heavy atom. The van der Waals surface area contributed by atoms with Crippen LogP contribution in [0, 0.1) is 6.92 Å². The van der Waals surface area contributed by atoms with E-state index in [4.69, 9.17) is 0 Å². The highest BCUT2D eigenvalue weighted by molar-refractivity contribution is 7.89. The van der Waals surface area contributed by atoms with Gasteiger partial charge in [-0.2, -0.15) is 0 Å². The molecule has 0 bridgehead atoms. The molecule has 0 amide bonds. The average molecular weight is 337 g/mol. The van der Waals surface area contributed by atoms with E-state index in [1.165, 1.54) is 21.0 Å². The quantitative estimate of drug-likeness (QED) is 0.876. The SMILES string of the molecule is Cc1c(S(=O)(=O)N[C@@H](C)c2ccccc2)c(=O)n(C)c(=O)n1C. The van der Waals surface area contributed by atoms with Crippen LogP contribution in [0.25, 0.3) is 0 Å². The van der Waals surface area contributed by atoms with E-state index in [2.05, 4.69) is 4.72 Å². The summed E-state index contributed by atoms with van der Waals surface area (Å²) in [6, 6.07) is 8.50. The summed E-state index contributed by atoms with van der Waals surface area (Å²) in [5, 5.41) is 0. The second-order valence-corrected chi connectivity index (χ2v) is 7.02. The first-order chi connectivity index (χ1) is 10.7. The van der Waals surface area contributed by atoms with Gasteiger partial charge in [0.15, 0.2) is 4.90 Å². The third-order valence-corrected chi connectivity index (χ3v) is 5.48. The second-order valence-electron chi connectivity index (χ2n) is 5.37. The minimum atomic E-state index is -4.07. The Labute approximate surface area is 134 Å². The molecule has 1 aromatic carbocycles. The van der Waals surface area contributed by atoms with Gasteiger partial charge in [0, 0.05) is 25.8 Å². The number of rotatable bonds is 4. The van der Waals surface area contributed by atoms with Crippen LogP contribution in [0.3, 0.4) is 0 Å². The first-order valence-corrected chi connectivity index (χ1v) is 8.49. The number of nitrogens with one attached hydrogen (secondary N) is 1. The lowest BCUT2D eigenvalue weighted by molar-refractivity contribution is 0.554. The predicted molar refractivity (Wildman–Crippen MR) is 86.8 cm³/mol. The number of sulfonamides is 1. The first kappa shape index (κ1) is 17.2. The van der Waals surface area contributed by atoms with Crippen molar-refractivity contribution in [2.75, 3.05) is 0 Å². The van der Waals surface area contributed by atoms with Crippen LogP contribution in [0.1, 0.15) is 24.2 Å². The maximum absolute atomic E-state index is 12.6. The molecule has 1 aromatic heterocycles. The summed E-state index contributed by atoms with van der Waals surface area (Å²) in [5.74, 6) is 0. The molecular formula is C15H19N3O4S. The highest BCUT2D eigenvalue weighted by Crippen LogP contribution is 2.16. The van der Waals surface area contributed by atoms with E-state index in [0.29, 0.717) is 0 Å². The maximum atomic E-state index is 12.6. The summed E-state index contributed by atoms with van der Waals surface area (Å²) in [6.07, 6.45) is 0. The van der Waals surface area contributed by atoms with Crippen molar-refractivity contribution in [2.45, 2.75) is 24.8 Å². The molecule has 0 fully saturated rings. The molecule has 7 nitrogen and oxygen atoms in total. The normalized spacial score (nSPS) is 13.0. The van der Waals surface area contributed by atoms with Crippen LogP contribution < -0.4 is 16.0 Å². The molecule has 0 radical (unpaired) electrons. The lowest BCUT2D eigenvalue weighted by Crippen LogP contribution is -2.43. The van der Waals surface area contributed by atoms with E-state index < -0.39 is 32.2 Å². The minimum absolute atomic E-state index is 0.103. The van der Waals surface area contributed by atoms with Crippen molar-refractivity contribution in [1.29, 1.82) is 0 Å². The van der Waals surface area contributed by atoms with Crippen LogP contribution in [0.2, 0.25) is 0 Å². The van der Waals surface area contributed by atoms with Crippen LogP contribution in [0.15, 0.2) is 44.8 Å². The van der Waals surface area contributed by atoms with Crippen LogP contribution in [-0.4, -0.2) is 17.6 Å². The molecule has 0 aliphatic heterocycles. The first-order valence-electron chi connectivity index (χ1n) is 7.00. The van der Waals surface area contributed by atoms with Gasteiger partial charge >= 0.3 is 5.69 Å². The summed E-state index contributed by atoms with van der Waals surface area (Å²) >= 11 is 0. The van der Waals surface area contributed by atoms with Gasteiger partial charge in [-0.25, -0.2) is 17.9 Å². The molecule has 124 valence electrons. The maximum Gasteiger partial charge on any atom is 0.330 e. The number of hydrogen-bond donors (Lipinski definition) is 1. The van der Waals surface area contributed by atoms with Crippen LogP contribution in [0.4, 0.5) is 0 Å². The van der Waals surface area contributed by atoms with Gasteiger partial charge in [0.25, 0.3) is 5.56 Å². The fourth-order valence-corrected chi connectivity index (χ4v) is 3.94. The number of aromatic nitrogens is 2. The molecule has 2 rings (SSSR count). The van der Waals surface area contributed by atoms with Gasteiger partial charge in [-0.05, 0) is 19.4 Å². The highest BCUT2D eigenvalue weighted by Gasteiger charge is 2.26. The number of hydrogen-bond acceptors (Lipinski definition) is 4. The van der Waals surface area contributed by atoms with Crippen LogP contribution in [0.5, 0.6) is 0 Å². The van der Waals surface area contributed by atoms with E-state index in [1.54, 1.807) is 31.2 Å². The monoisotopic (exact) mass is 337 g/mol. The topological polar surface area (TPSA) is 90.2 Å². The van der Waals surface area contributed by atoms with Crippen molar-refractivity contribution in [3.8, 4) is 0 Å². The summed E-state index contributed by atoms with van der Waals surface area (Å²) < 4.78 is 29.7. The van der Waals surface area contributed by atoms with Crippen molar-refractivity contribution >= 4 is 10.0 Å². The molecule has 0 saturated heterocycles. The number of benzene rings is 1. The summed E-state index contributed by atoms with van der Waals surface area (Å²) in [4.78, 5) is 23.7. The predicted octanol–water partition coefficient (Wildman–Crippen LogP) is 0.432. The molecule has 0 saturated carbocycles. The van der Waals surface area contributed by atoms with E-state index in [0.717, 1.165) is 14.7 Å². The molecule has 1 N–H and O–H groups in total. The summed E-state index contributed by atoms with van der Waals surface area (Å²) in [5.41, 5.74) is -0.526. The second kappa shape index (κ2) is 6.13. The van der Waals surface area contributed by atoms with Crippen molar-refractivity contribution in [2.24, 2.45) is 14.1 Å². The Hall–Kier alpha value is -2.19. The largest absolute Gasteiger partial charge is 0.330 e. The zero-order valence-electron chi connectivity index (χ0n) is 13.4. The van der Waals surface area contributed by atoms with Gasteiger partial charge in [-0.1, -0.05) is 30.3 Å². The van der Waals surface area contributed by atoms with Gasteiger partial charge in [0.2, 0.25) is 10.0 Å². The van der Waals surface area contributed by atoms with E-state index in [9.17, 15) is 18.0 Å². The zero-order valence-corrected chi connectivity index (χ0v) is 14.2. The van der Waals surface area contributed by atoms with E-state index in [-0.39, 0.29) is 5.69 Å². The van der Waals surface area contributed by atoms with E-state index >= 15 is 0 Å². The Balaban J connectivity index is 2.54. The van der Waals surface area contributed by atoms with Crippen LogP contribution >= 0.6 is 0 Å². The average Bonchev–Trinajstić information content (AvgIpc) is 2.51. The van der Waals surface area contributed by atoms with Crippen molar-refractivity contribution in [3.63, 3.8) is 0 Å². The third kappa shape index (κ3) is 3.13. The molecule has 0 spiro atoms. The highest BCUT2D eigenvalue weighted by atomic mass is 32.2. The molecule has 2 aromatic rings. The minimum Gasteiger partial charge on any atom is -0.300 e. The van der Waals surface area contributed by atoms with E-state index in [1.807, 2.05) is 6.07 Å². The summed E-state index contributed by atoms with van der Waals surface area (Å²) in [6.45, 7) is 3.12. The van der Waals surface area contributed by atoms with Crippen molar-refractivity contribution in [3.05, 3.63) is 62.4 Å². The molecule has 23 heavy (non-hydrogen) atoms. The Bertz CT molecular complexity index is 943. The van der Waals surface area contributed by atoms with Gasteiger partial charge < -0.3 is 0 Å². The van der Waals surface area contributed by atoms with Gasteiger partial charge in [0.05, 0.1) is 0 Å². The lowest BCUT2D eigenvalue weighted by Gasteiger charge is -2.17. The third-order valence-electron chi connectivity index (χ3n) is 3.80. The number of nitrogens with zero attached hydrogens (tertiary/aromatic N) is 2. The van der Waals surface area contributed by atoms with Gasteiger partial charge in [-0.3, -0.25) is 13.9 Å². The Kier molecular flexibility index (Phi) is 4.58. The van der Waals surface area contributed by atoms with Crippen molar-refractivity contribution in [1.82, 2.24) is 13.9 Å². The van der Waals surface area contributed by atoms with Gasteiger partial charge in [0.1, 0.15) is 0 Å². The molecule has 1 atom stereocenters. The van der Waals surface area contributed by atoms with Crippen molar-refractivity contribution < 1.29 is 8.42 Å². The standard InChI is InChI=1S/C15H19N3O4S/c1-10(12-8-6-5-7-9-12)16-23(21,22)13-11(2)17(3)15(20)18(4)14(13)19/h5-10,16H,1-4H3/t10-/m0/s1. The van der Waals surface area contributed by atoms with Gasteiger partial charge in [-0.15, -0.1) is 0 Å². The smallest absolute Gasteiger partial charge is 0.300 e. The molecule has 0 unspecified atom stereocenters. The molecule has 8 heteroatoms. The molecule has 0 aliphatic carbocycles. The fourth-order valence-electron chi connectivity index (χ4n) is 2.33. The zero-order chi connectivity index (χ0) is 17.4. The summed E-state index contributed by atoms with van der Waals surface area (Å²) in [7, 11) is -1.39. The van der Waals surface area contributed by atoms with Crippen LogP contribution in [-0.2, 0) is 24.1 Å². The lowest BCUT2D eigenvalue weighted by atomic mass is 10.1. The Morgan fingerprint density at radius 2 is 1.61 bits per heavy atom. The Morgan fingerprint density at radius 1 is 1.04 bits per heavy atom. The molecule has 1 heterocycles. The molecule has 0 aliphatic rings.